The summed E-state index contributed by atoms with van der Waals surface area (Å²) in [5, 5.41) is 9.29. The molecule has 0 amide bonds. The van der Waals surface area contributed by atoms with E-state index in [-0.39, 0.29) is 16.5 Å². The lowest BCUT2D eigenvalue weighted by atomic mass is 10.2. The van der Waals surface area contributed by atoms with Crippen LogP contribution in [0.15, 0.2) is 23.1 Å². The van der Waals surface area contributed by atoms with Gasteiger partial charge < -0.3 is 5.11 Å². The first-order valence-electron chi connectivity index (χ1n) is 5.27. The van der Waals surface area contributed by atoms with Gasteiger partial charge in [-0.2, -0.15) is 0 Å². The van der Waals surface area contributed by atoms with Crippen molar-refractivity contribution in [1.82, 2.24) is 4.72 Å². The first kappa shape index (κ1) is 14.4. The van der Waals surface area contributed by atoms with Crippen molar-refractivity contribution in [3.63, 3.8) is 0 Å². The molecule has 1 rings (SSSR count). The van der Waals surface area contributed by atoms with E-state index in [9.17, 15) is 8.42 Å². The first-order valence-corrected chi connectivity index (χ1v) is 7.13. The molecule has 0 saturated heterocycles. The van der Waals surface area contributed by atoms with Crippen LogP contribution in [0, 0.1) is 6.92 Å². The molecule has 0 fully saturated rings. The molecular weight excluding hydrogens is 262 g/mol. The maximum Gasteiger partial charge on any atom is 0.242 e. The van der Waals surface area contributed by atoms with E-state index >= 15 is 0 Å². The largest absolute Gasteiger partial charge is 0.393 e. The van der Waals surface area contributed by atoms with Crippen molar-refractivity contribution in [2.24, 2.45) is 0 Å². The van der Waals surface area contributed by atoms with Gasteiger partial charge in [-0.3, -0.25) is 0 Å². The predicted octanol–water partition coefficient (Wildman–Crippen LogP) is 1.70. The van der Waals surface area contributed by atoms with Crippen LogP contribution in [0.5, 0.6) is 0 Å². The Hall–Kier alpha value is -0.620. The number of halogens is 1. The van der Waals surface area contributed by atoms with Gasteiger partial charge in [0, 0.05) is 6.54 Å². The van der Waals surface area contributed by atoms with Gasteiger partial charge in [0.1, 0.15) is 4.90 Å². The molecule has 0 radical (unpaired) electrons. The molecule has 0 bridgehead atoms. The minimum atomic E-state index is -3.60. The summed E-state index contributed by atoms with van der Waals surface area (Å²) in [6.07, 6.45) is -0.173. The lowest BCUT2D eigenvalue weighted by Crippen LogP contribution is -2.27. The second-order valence-corrected chi connectivity index (χ2v) is 6.04. The Morgan fingerprint density at radius 3 is 2.71 bits per heavy atom. The molecule has 4 nitrogen and oxygen atoms in total. The molecule has 1 aromatic carbocycles. The third-order valence-electron chi connectivity index (χ3n) is 2.30. The molecule has 96 valence electrons. The summed E-state index contributed by atoms with van der Waals surface area (Å²) in [6, 6.07) is 4.85. The summed E-state index contributed by atoms with van der Waals surface area (Å²) in [6.45, 7) is 3.54. The number of aliphatic hydroxyl groups excluding tert-OH is 1. The Morgan fingerprint density at radius 2 is 2.12 bits per heavy atom. The molecule has 6 heteroatoms. The smallest absolute Gasteiger partial charge is 0.242 e. The van der Waals surface area contributed by atoms with Gasteiger partial charge in [-0.15, -0.1) is 0 Å². The van der Waals surface area contributed by atoms with Crippen LogP contribution in [0.1, 0.15) is 18.9 Å². The predicted molar refractivity (Wildman–Crippen MR) is 67.7 cm³/mol. The monoisotopic (exact) mass is 277 g/mol. The highest BCUT2D eigenvalue weighted by Gasteiger charge is 2.18. The average Bonchev–Trinajstić information content (AvgIpc) is 2.21. The zero-order chi connectivity index (χ0) is 13.1. The second-order valence-electron chi connectivity index (χ2n) is 3.92. The van der Waals surface area contributed by atoms with Crippen LogP contribution < -0.4 is 4.72 Å². The Morgan fingerprint density at radius 1 is 1.47 bits per heavy atom. The van der Waals surface area contributed by atoms with Crippen LogP contribution >= 0.6 is 11.6 Å². The highest BCUT2D eigenvalue weighted by molar-refractivity contribution is 7.89. The van der Waals surface area contributed by atoms with Crippen LogP contribution in [0.3, 0.4) is 0 Å². The molecule has 0 aromatic heterocycles. The van der Waals surface area contributed by atoms with Crippen molar-refractivity contribution in [2.45, 2.75) is 31.3 Å². The second kappa shape index (κ2) is 5.82. The fourth-order valence-corrected chi connectivity index (χ4v) is 2.94. The summed E-state index contributed by atoms with van der Waals surface area (Å²) in [5.74, 6) is 0. The molecule has 0 saturated carbocycles. The van der Waals surface area contributed by atoms with Gasteiger partial charge in [-0.1, -0.05) is 23.7 Å². The van der Waals surface area contributed by atoms with Crippen LogP contribution in [0.25, 0.3) is 0 Å². The third kappa shape index (κ3) is 3.96. The lowest BCUT2D eigenvalue weighted by Gasteiger charge is -2.10. The van der Waals surface area contributed by atoms with Gasteiger partial charge in [0.15, 0.2) is 0 Å². The van der Waals surface area contributed by atoms with Crippen LogP contribution in [-0.2, 0) is 10.0 Å². The quantitative estimate of drug-likeness (QED) is 0.861. The van der Waals surface area contributed by atoms with Crippen molar-refractivity contribution in [3.05, 3.63) is 28.8 Å². The minimum Gasteiger partial charge on any atom is -0.393 e. The molecule has 0 aliphatic heterocycles. The molecule has 2 N–H and O–H groups in total. The minimum absolute atomic E-state index is 0.0739. The fourth-order valence-electron chi connectivity index (χ4n) is 1.31. The van der Waals surface area contributed by atoms with Gasteiger partial charge in [-0.05, 0) is 31.9 Å². The Kier molecular flexibility index (Phi) is 4.94. The van der Waals surface area contributed by atoms with E-state index in [0.717, 1.165) is 0 Å². The summed E-state index contributed by atoms with van der Waals surface area (Å²) in [4.78, 5) is 0.0739. The maximum absolute atomic E-state index is 11.9. The lowest BCUT2D eigenvalue weighted by molar-refractivity contribution is 0.186. The Bertz CT molecular complexity index is 485. The van der Waals surface area contributed by atoms with E-state index in [1.165, 1.54) is 6.07 Å². The van der Waals surface area contributed by atoms with E-state index in [4.69, 9.17) is 16.7 Å². The Labute approximate surface area is 107 Å². The van der Waals surface area contributed by atoms with E-state index < -0.39 is 16.1 Å². The number of rotatable bonds is 5. The molecule has 0 heterocycles. The van der Waals surface area contributed by atoms with Gasteiger partial charge in [0.25, 0.3) is 0 Å². The van der Waals surface area contributed by atoms with Crippen LogP contribution in [0.4, 0.5) is 0 Å². The van der Waals surface area contributed by atoms with Gasteiger partial charge in [0.2, 0.25) is 10.0 Å². The van der Waals surface area contributed by atoms with Crippen LogP contribution in [0.2, 0.25) is 5.02 Å². The number of hydrogen-bond acceptors (Lipinski definition) is 3. The molecule has 17 heavy (non-hydrogen) atoms. The van der Waals surface area contributed by atoms with Gasteiger partial charge >= 0.3 is 0 Å². The van der Waals surface area contributed by atoms with Gasteiger partial charge in [-0.25, -0.2) is 13.1 Å². The summed E-state index contributed by atoms with van der Waals surface area (Å²) >= 11 is 5.95. The number of nitrogens with one attached hydrogen (secondary N) is 1. The number of aliphatic hydroxyl groups is 1. The summed E-state index contributed by atoms with van der Waals surface area (Å²) in [5.41, 5.74) is 0.713. The zero-order valence-corrected chi connectivity index (χ0v) is 11.3. The molecule has 1 aromatic rings. The standard InChI is InChI=1S/C11H16ClNO3S/c1-8-4-3-5-10(11(8)12)17(15,16)13-7-6-9(2)14/h3-5,9,13-14H,6-7H2,1-2H3. The fraction of sp³-hybridized carbons (Fsp3) is 0.455. The molecular formula is C11H16ClNO3S. The van der Waals surface area contributed by atoms with Crippen LogP contribution in [-0.4, -0.2) is 26.2 Å². The number of aryl methyl sites for hydroxylation is 1. The van der Waals surface area contributed by atoms with E-state index in [0.29, 0.717) is 12.0 Å². The van der Waals surface area contributed by atoms with Crippen molar-refractivity contribution in [1.29, 1.82) is 0 Å². The van der Waals surface area contributed by atoms with Crippen molar-refractivity contribution >= 4 is 21.6 Å². The molecule has 0 aliphatic carbocycles. The highest BCUT2D eigenvalue weighted by atomic mass is 35.5. The Balaban J connectivity index is 2.87. The number of benzene rings is 1. The number of sulfonamides is 1. The normalized spacial score (nSPS) is 13.6. The van der Waals surface area contributed by atoms with Crippen molar-refractivity contribution in [2.75, 3.05) is 6.54 Å². The van der Waals surface area contributed by atoms with E-state index in [1.54, 1.807) is 26.0 Å². The van der Waals surface area contributed by atoms with E-state index in [1.807, 2.05) is 0 Å². The first-order chi connectivity index (χ1) is 7.84. The third-order valence-corrected chi connectivity index (χ3v) is 4.42. The number of hydrogen-bond donors (Lipinski definition) is 2. The highest BCUT2D eigenvalue weighted by Crippen LogP contribution is 2.24. The van der Waals surface area contributed by atoms with Crippen molar-refractivity contribution in [3.8, 4) is 0 Å². The van der Waals surface area contributed by atoms with Crippen molar-refractivity contribution < 1.29 is 13.5 Å². The van der Waals surface area contributed by atoms with Gasteiger partial charge in [0.05, 0.1) is 11.1 Å². The topological polar surface area (TPSA) is 66.4 Å². The molecule has 1 unspecified atom stereocenters. The maximum atomic E-state index is 11.9. The molecule has 0 aliphatic rings. The van der Waals surface area contributed by atoms with E-state index in [2.05, 4.69) is 4.72 Å². The summed E-state index contributed by atoms with van der Waals surface area (Å²) < 4.78 is 26.2. The SMILES string of the molecule is Cc1cccc(S(=O)(=O)NCCC(C)O)c1Cl. The summed E-state index contributed by atoms with van der Waals surface area (Å²) in [7, 11) is -3.60. The zero-order valence-electron chi connectivity index (χ0n) is 9.77. The molecule has 0 spiro atoms. The average molecular weight is 278 g/mol. The molecule has 1 atom stereocenters.